The molecule has 0 saturated carbocycles. The molecule has 0 fully saturated rings. The summed E-state index contributed by atoms with van der Waals surface area (Å²) in [4.78, 5) is 19.5. The van der Waals surface area contributed by atoms with Gasteiger partial charge in [-0.25, -0.2) is 9.78 Å². The fourth-order valence-corrected chi connectivity index (χ4v) is 5.49. The van der Waals surface area contributed by atoms with E-state index in [-0.39, 0.29) is 24.4 Å². The number of nitrogens with zero attached hydrogens (tertiary/aromatic N) is 2. The standard InChI is InChI=1S/C31H32ClN3O5/c1-19-4-5-26(20(2)10-19)30-27-15-29(40-9-7-21-11-23(32)14-25(36)12-21)28(38-3)13-22(27)6-8-35(30)31(37)33-16-24-17-39-18-34-24/h4-5,10-15,17-18,30,36H,6-9,16H2,1-3H3,(H,33,37). The zero-order valence-electron chi connectivity index (χ0n) is 22.7. The molecule has 0 bridgehead atoms. The third-order valence-electron chi connectivity index (χ3n) is 7.13. The molecule has 9 heteroatoms. The van der Waals surface area contributed by atoms with Crippen LogP contribution in [0.15, 0.2) is 65.6 Å². The normalized spacial score (nSPS) is 14.5. The number of aromatic hydroxyl groups is 1. The van der Waals surface area contributed by atoms with Crippen molar-refractivity contribution in [1.82, 2.24) is 15.2 Å². The first-order valence-corrected chi connectivity index (χ1v) is 13.5. The second-order valence-electron chi connectivity index (χ2n) is 9.96. The van der Waals surface area contributed by atoms with Crippen LogP contribution in [0.3, 0.4) is 0 Å². The lowest BCUT2D eigenvalue weighted by atomic mass is 9.85. The van der Waals surface area contributed by atoms with Gasteiger partial charge in [-0.15, -0.1) is 0 Å². The molecule has 2 N–H and O–H groups in total. The molecule has 1 aromatic heterocycles. The fraction of sp³-hybridized carbons (Fsp3) is 0.290. The van der Waals surface area contributed by atoms with Crippen molar-refractivity contribution in [3.63, 3.8) is 0 Å². The van der Waals surface area contributed by atoms with Gasteiger partial charge < -0.3 is 29.2 Å². The topological polar surface area (TPSA) is 97.1 Å². The highest BCUT2D eigenvalue weighted by Gasteiger charge is 2.34. The molecular formula is C31H32ClN3O5. The number of carbonyl (C=O) groups excluding carboxylic acids is 1. The van der Waals surface area contributed by atoms with Crippen LogP contribution in [0.2, 0.25) is 5.02 Å². The number of oxazole rings is 1. The molecule has 5 rings (SSSR count). The van der Waals surface area contributed by atoms with E-state index in [4.69, 9.17) is 25.5 Å². The van der Waals surface area contributed by atoms with Crippen molar-refractivity contribution in [2.45, 2.75) is 39.3 Å². The van der Waals surface area contributed by atoms with Crippen LogP contribution in [0.1, 0.15) is 45.1 Å². The maximum atomic E-state index is 13.5. The van der Waals surface area contributed by atoms with Gasteiger partial charge >= 0.3 is 6.03 Å². The van der Waals surface area contributed by atoms with Gasteiger partial charge in [0.25, 0.3) is 0 Å². The van der Waals surface area contributed by atoms with Crippen LogP contribution in [0.5, 0.6) is 17.2 Å². The summed E-state index contributed by atoms with van der Waals surface area (Å²) in [5, 5.41) is 13.3. The molecule has 1 atom stereocenters. The van der Waals surface area contributed by atoms with E-state index < -0.39 is 0 Å². The van der Waals surface area contributed by atoms with E-state index in [1.54, 1.807) is 19.2 Å². The number of fused-ring (bicyclic) bond motifs is 1. The van der Waals surface area contributed by atoms with E-state index in [2.05, 4.69) is 42.3 Å². The number of ether oxygens (including phenoxy) is 2. The quantitative estimate of drug-likeness (QED) is 0.268. The van der Waals surface area contributed by atoms with Crippen molar-refractivity contribution in [2.75, 3.05) is 20.3 Å². The molecule has 0 spiro atoms. The van der Waals surface area contributed by atoms with E-state index >= 15 is 0 Å². The summed E-state index contributed by atoms with van der Waals surface area (Å²) in [6.45, 7) is 5.30. The zero-order valence-corrected chi connectivity index (χ0v) is 23.5. The lowest BCUT2D eigenvalue weighted by Crippen LogP contribution is -2.46. The Kier molecular flexibility index (Phi) is 8.16. The van der Waals surface area contributed by atoms with E-state index in [1.165, 1.54) is 18.7 Å². The molecule has 0 radical (unpaired) electrons. The molecule has 0 aliphatic carbocycles. The molecule has 4 aromatic rings. The summed E-state index contributed by atoms with van der Waals surface area (Å²) in [7, 11) is 1.62. The van der Waals surface area contributed by atoms with Gasteiger partial charge in [0.1, 0.15) is 12.0 Å². The predicted molar refractivity (Wildman–Crippen MR) is 152 cm³/mol. The average Bonchev–Trinajstić information content (AvgIpc) is 3.44. The van der Waals surface area contributed by atoms with Crippen LogP contribution >= 0.6 is 11.6 Å². The first-order valence-electron chi connectivity index (χ1n) is 13.1. The van der Waals surface area contributed by atoms with Gasteiger partial charge in [0.15, 0.2) is 17.9 Å². The summed E-state index contributed by atoms with van der Waals surface area (Å²) in [5.74, 6) is 1.34. The van der Waals surface area contributed by atoms with Gasteiger partial charge in [-0.3, -0.25) is 0 Å². The number of phenols is 1. The number of nitrogens with one attached hydrogen (secondary N) is 1. The number of hydrogen-bond donors (Lipinski definition) is 2. The second-order valence-corrected chi connectivity index (χ2v) is 10.4. The number of aromatic nitrogens is 1. The molecule has 208 valence electrons. The van der Waals surface area contributed by atoms with Gasteiger partial charge in [-0.2, -0.15) is 0 Å². The van der Waals surface area contributed by atoms with Crippen LogP contribution in [0.4, 0.5) is 4.79 Å². The van der Waals surface area contributed by atoms with Gasteiger partial charge in [-0.1, -0.05) is 35.4 Å². The Morgan fingerprint density at radius 2 is 2.00 bits per heavy atom. The maximum absolute atomic E-state index is 13.5. The molecule has 1 aliphatic heterocycles. The van der Waals surface area contributed by atoms with Crippen LogP contribution in [-0.2, 0) is 19.4 Å². The Hall–Kier alpha value is -4.17. The molecule has 2 amide bonds. The van der Waals surface area contributed by atoms with E-state index in [0.29, 0.717) is 48.2 Å². The number of hydrogen-bond acceptors (Lipinski definition) is 6. The highest BCUT2D eigenvalue weighted by atomic mass is 35.5. The smallest absolute Gasteiger partial charge is 0.318 e. The lowest BCUT2D eigenvalue weighted by Gasteiger charge is -2.38. The van der Waals surface area contributed by atoms with Gasteiger partial charge in [0, 0.05) is 18.0 Å². The summed E-state index contributed by atoms with van der Waals surface area (Å²) >= 11 is 6.09. The predicted octanol–water partition coefficient (Wildman–Crippen LogP) is 6.14. The highest BCUT2D eigenvalue weighted by molar-refractivity contribution is 6.30. The van der Waals surface area contributed by atoms with Crippen LogP contribution < -0.4 is 14.8 Å². The number of amides is 2. The fourth-order valence-electron chi connectivity index (χ4n) is 5.23. The molecular weight excluding hydrogens is 530 g/mol. The van der Waals surface area contributed by atoms with Crippen LogP contribution in [-0.4, -0.2) is 41.3 Å². The monoisotopic (exact) mass is 561 g/mol. The van der Waals surface area contributed by atoms with Crippen molar-refractivity contribution < 1.29 is 23.8 Å². The van der Waals surface area contributed by atoms with Crippen LogP contribution in [0.25, 0.3) is 0 Å². The molecule has 0 saturated heterocycles. The Balaban J connectivity index is 1.46. The molecule has 1 unspecified atom stereocenters. The van der Waals surface area contributed by atoms with Crippen molar-refractivity contribution >= 4 is 17.6 Å². The molecule has 2 heterocycles. The summed E-state index contributed by atoms with van der Waals surface area (Å²) in [6.07, 6.45) is 4.09. The summed E-state index contributed by atoms with van der Waals surface area (Å²) < 4.78 is 17.0. The lowest BCUT2D eigenvalue weighted by molar-refractivity contribution is 0.179. The number of methoxy groups -OCH3 is 1. The number of rotatable bonds is 8. The zero-order chi connectivity index (χ0) is 28.2. The van der Waals surface area contributed by atoms with Gasteiger partial charge in [-0.05, 0) is 78.4 Å². The molecule has 1 aliphatic rings. The van der Waals surface area contributed by atoms with Crippen molar-refractivity contribution in [1.29, 1.82) is 0 Å². The van der Waals surface area contributed by atoms with E-state index in [0.717, 1.165) is 33.4 Å². The number of benzene rings is 3. The van der Waals surface area contributed by atoms with Crippen molar-refractivity contribution in [2.24, 2.45) is 0 Å². The number of halogens is 1. The third kappa shape index (κ3) is 6.02. The summed E-state index contributed by atoms with van der Waals surface area (Å²) in [6, 6.07) is 14.8. The number of phenolic OH excluding ortho intramolecular Hbond substituents is 1. The maximum Gasteiger partial charge on any atom is 0.318 e. The van der Waals surface area contributed by atoms with E-state index in [1.807, 2.05) is 17.0 Å². The van der Waals surface area contributed by atoms with Gasteiger partial charge in [0.05, 0.1) is 32.0 Å². The highest BCUT2D eigenvalue weighted by Crippen LogP contribution is 2.42. The third-order valence-corrected chi connectivity index (χ3v) is 7.35. The SMILES string of the molecule is COc1cc2c(cc1OCCc1cc(O)cc(Cl)c1)C(c1ccc(C)cc1C)N(C(=O)NCc1cocn1)CC2. The number of urea groups is 1. The van der Waals surface area contributed by atoms with Crippen molar-refractivity contribution in [3.8, 4) is 17.2 Å². The minimum atomic E-state index is -0.320. The molecule has 40 heavy (non-hydrogen) atoms. The minimum absolute atomic E-state index is 0.118. The average molecular weight is 562 g/mol. The molecule has 3 aromatic carbocycles. The van der Waals surface area contributed by atoms with Crippen LogP contribution in [0, 0.1) is 13.8 Å². The Bertz CT molecular complexity index is 1490. The summed E-state index contributed by atoms with van der Waals surface area (Å²) in [5.41, 5.74) is 6.93. The largest absolute Gasteiger partial charge is 0.508 e. The second kappa shape index (κ2) is 11.9. The van der Waals surface area contributed by atoms with Gasteiger partial charge in [0.2, 0.25) is 0 Å². The van der Waals surface area contributed by atoms with Crippen molar-refractivity contribution in [3.05, 3.63) is 105 Å². The first-order chi connectivity index (χ1) is 19.3. The molecule has 8 nitrogen and oxygen atoms in total. The Labute approximate surface area is 238 Å². The minimum Gasteiger partial charge on any atom is -0.508 e. The number of aryl methyl sites for hydroxylation is 2. The Morgan fingerprint density at radius 3 is 2.73 bits per heavy atom. The number of carbonyl (C=O) groups is 1. The first kappa shape index (κ1) is 27.4. The Morgan fingerprint density at radius 1 is 1.15 bits per heavy atom. The van der Waals surface area contributed by atoms with E-state index in [9.17, 15) is 9.90 Å².